The molecule has 1 N–H and O–H groups in total. The molecule has 24 heavy (non-hydrogen) atoms. The first kappa shape index (κ1) is 16.5. The van der Waals surface area contributed by atoms with Crippen molar-refractivity contribution in [3.63, 3.8) is 0 Å². The predicted molar refractivity (Wildman–Crippen MR) is 88.4 cm³/mol. The summed E-state index contributed by atoms with van der Waals surface area (Å²) in [5.74, 6) is -2.11. The molecule has 6 nitrogen and oxygen atoms in total. The molecule has 0 saturated carbocycles. The van der Waals surface area contributed by atoms with Gasteiger partial charge in [-0.2, -0.15) is 0 Å². The van der Waals surface area contributed by atoms with Crippen LogP contribution in [0.5, 0.6) is 0 Å². The van der Waals surface area contributed by atoms with E-state index in [1.807, 2.05) is 6.26 Å². The van der Waals surface area contributed by atoms with E-state index < -0.39 is 23.1 Å². The van der Waals surface area contributed by atoms with Crippen LogP contribution in [0.4, 0.5) is 14.5 Å². The van der Waals surface area contributed by atoms with Crippen LogP contribution in [-0.2, 0) is 11.3 Å². The van der Waals surface area contributed by atoms with Crippen molar-refractivity contribution >= 4 is 45.0 Å². The maximum absolute atomic E-state index is 13.5. The minimum Gasteiger partial charge on any atom is -0.322 e. The molecule has 0 bridgehead atoms. The first-order valence-electron chi connectivity index (χ1n) is 6.63. The number of carbonyl (C=O) groups is 1. The number of benzene rings is 1. The highest BCUT2D eigenvalue weighted by molar-refractivity contribution is 8.00. The molecule has 0 radical (unpaired) electrons. The molecule has 3 rings (SSSR count). The van der Waals surface area contributed by atoms with Gasteiger partial charge in [0.2, 0.25) is 5.91 Å². The summed E-state index contributed by atoms with van der Waals surface area (Å²) < 4.78 is 28.8. The Hall–Kier alpha value is -2.33. The second-order valence-corrected chi connectivity index (χ2v) is 6.74. The number of carbonyl (C=O) groups excluding carboxylic acids is 1. The quantitative estimate of drug-likeness (QED) is 0.716. The lowest BCUT2D eigenvalue weighted by Crippen LogP contribution is -2.27. The number of hydrogen-bond acceptors (Lipinski definition) is 6. The van der Waals surface area contributed by atoms with E-state index in [0.29, 0.717) is 14.7 Å². The van der Waals surface area contributed by atoms with E-state index in [1.54, 1.807) is 0 Å². The zero-order valence-electron chi connectivity index (χ0n) is 12.2. The van der Waals surface area contributed by atoms with Gasteiger partial charge in [0.25, 0.3) is 5.56 Å². The van der Waals surface area contributed by atoms with Crippen molar-refractivity contribution in [2.24, 2.45) is 0 Å². The summed E-state index contributed by atoms with van der Waals surface area (Å²) in [6.07, 6.45) is 3.03. The Morgan fingerprint density at radius 2 is 2.21 bits per heavy atom. The Labute approximate surface area is 142 Å². The second-order valence-electron chi connectivity index (χ2n) is 4.69. The van der Waals surface area contributed by atoms with Crippen LogP contribution in [0, 0.1) is 11.6 Å². The number of halogens is 2. The van der Waals surface area contributed by atoms with Gasteiger partial charge in [-0.3, -0.25) is 14.2 Å². The number of aromatic nitrogens is 3. The summed E-state index contributed by atoms with van der Waals surface area (Å²) in [5.41, 5.74) is -0.376. The van der Waals surface area contributed by atoms with Crippen molar-refractivity contribution in [1.29, 1.82) is 0 Å². The molecule has 10 heteroatoms. The van der Waals surface area contributed by atoms with Crippen molar-refractivity contribution < 1.29 is 13.6 Å². The molecule has 0 fully saturated rings. The van der Waals surface area contributed by atoms with Crippen LogP contribution in [0.15, 0.2) is 33.7 Å². The molecule has 0 spiro atoms. The topological polar surface area (TPSA) is 76.9 Å². The minimum absolute atomic E-state index is 0.287. The number of thiazole rings is 1. The minimum atomic E-state index is -0.766. The van der Waals surface area contributed by atoms with Gasteiger partial charge in [0.05, 0.1) is 5.69 Å². The van der Waals surface area contributed by atoms with Crippen molar-refractivity contribution in [2.45, 2.75) is 10.9 Å². The van der Waals surface area contributed by atoms with E-state index in [0.717, 1.165) is 22.8 Å². The van der Waals surface area contributed by atoms with Crippen LogP contribution in [0.3, 0.4) is 0 Å². The molecular weight excluding hydrogens is 358 g/mol. The Kier molecular flexibility index (Phi) is 4.58. The normalized spacial score (nSPS) is 11.0. The number of hydrogen-bond donors (Lipinski definition) is 1. The fraction of sp³-hybridized carbons (Fsp3) is 0.143. The molecule has 0 aliphatic rings. The molecule has 0 saturated heterocycles. The smallest absolute Gasteiger partial charge is 0.273 e. The summed E-state index contributed by atoms with van der Waals surface area (Å²) >= 11 is 2.58. The lowest BCUT2D eigenvalue weighted by molar-refractivity contribution is -0.116. The number of nitrogens with one attached hydrogen (secondary N) is 1. The highest BCUT2D eigenvalue weighted by Crippen LogP contribution is 2.24. The van der Waals surface area contributed by atoms with Crippen LogP contribution < -0.4 is 10.9 Å². The maximum Gasteiger partial charge on any atom is 0.273 e. The van der Waals surface area contributed by atoms with Gasteiger partial charge in [0, 0.05) is 6.07 Å². The monoisotopic (exact) mass is 368 g/mol. The van der Waals surface area contributed by atoms with Crippen molar-refractivity contribution in [2.75, 3.05) is 11.6 Å². The van der Waals surface area contributed by atoms with Crippen molar-refractivity contribution in [3.05, 3.63) is 46.5 Å². The lowest BCUT2D eigenvalue weighted by Gasteiger charge is -2.08. The Bertz CT molecular complexity index is 987. The van der Waals surface area contributed by atoms with E-state index in [1.165, 1.54) is 29.4 Å². The molecule has 2 heterocycles. The summed E-state index contributed by atoms with van der Waals surface area (Å²) in [6.45, 7) is -0.371. The zero-order valence-corrected chi connectivity index (χ0v) is 13.9. The van der Waals surface area contributed by atoms with Crippen LogP contribution >= 0.6 is 23.1 Å². The largest absolute Gasteiger partial charge is 0.322 e. The molecule has 0 atom stereocenters. The third-order valence-corrected chi connectivity index (χ3v) is 5.07. The van der Waals surface area contributed by atoms with Gasteiger partial charge in [0.1, 0.15) is 29.2 Å². The number of anilines is 1. The van der Waals surface area contributed by atoms with E-state index in [9.17, 15) is 18.4 Å². The van der Waals surface area contributed by atoms with E-state index in [-0.39, 0.29) is 12.2 Å². The van der Waals surface area contributed by atoms with Crippen LogP contribution in [0.1, 0.15) is 0 Å². The Morgan fingerprint density at radius 1 is 1.42 bits per heavy atom. The zero-order chi connectivity index (χ0) is 17.3. The first-order chi connectivity index (χ1) is 11.5. The third kappa shape index (κ3) is 3.29. The Morgan fingerprint density at radius 3 is 2.96 bits per heavy atom. The van der Waals surface area contributed by atoms with Crippen LogP contribution in [0.2, 0.25) is 0 Å². The standard InChI is InChI=1S/C14H10F2N4O2S2/c1-23-14-19-12-11(24-14)13(22)20(6-17-12)5-10(21)18-9-4-7(15)2-3-8(9)16/h2-4,6H,5H2,1H3,(H,18,21). The highest BCUT2D eigenvalue weighted by Gasteiger charge is 2.13. The molecule has 0 aliphatic carbocycles. The fourth-order valence-corrected chi connectivity index (χ4v) is 3.43. The molecule has 2 aromatic heterocycles. The van der Waals surface area contributed by atoms with Crippen LogP contribution in [-0.4, -0.2) is 26.7 Å². The number of fused-ring (bicyclic) bond motifs is 1. The predicted octanol–water partition coefficient (Wildman–Crippen LogP) is 2.49. The summed E-state index contributed by atoms with van der Waals surface area (Å²) in [7, 11) is 0. The average molecular weight is 368 g/mol. The van der Waals surface area contributed by atoms with Gasteiger partial charge < -0.3 is 5.32 Å². The lowest BCUT2D eigenvalue weighted by atomic mass is 10.3. The molecule has 3 aromatic rings. The molecule has 0 unspecified atom stereocenters. The number of nitrogens with zero attached hydrogens (tertiary/aromatic N) is 3. The summed E-state index contributed by atoms with van der Waals surface area (Å²) in [5, 5.41) is 2.23. The van der Waals surface area contributed by atoms with Crippen molar-refractivity contribution in [1.82, 2.24) is 14.5 Å². The Balaban J connectivity index is 1.84. The highest BCUT2D eigenvalue weighted by atomic mass is 32.2. The third-order valence-electron chi connectivity index (χ3n) is 3.06. The first-order valence-corrected chi connectivity index (χ1v) is 8.67. The van der Waals surface area contributed by atoms with Crippen molar-refractivity contribution in [3.8, 4) is 0 Å². The molecule has 124 valence electrons. The van der Waals surface area contributed by atoms with Gasteiger partial charge >= 0.3 is 0 Å². The van der Waals surface area contributed by atoms with Gasteiger partial charge in [-0.1, -0.05) is 11.8 Å². The molecule has 1 aromatic carbocycles. The van der Waals surface area contributed by atoms with Crippen LogP contribution in [0.25, 0.3) is 10.3 Å². The number of rotatable bonds is 4. The van der Waals surface area contributed by atoms with Gasteiger partial charge in [-0.15, -0.1) is 11.3 Å². The fourth-order valence-electron chi connectivity index (χ4n) is 1.96. The SMILES string of the molecule is CSc1nc2ncn(CC(=O)Nc3cc(F)ccc3F)c(=O)c2s1. The maximum atomic E-state index is 13.5. The van der Waals surface area contributed by atoms with Gasteiger partial charge in [-0.05, 0) is 18.4 Å². The summed E-state index contributed by atoms with van der Waals surface area (Å²) in [4.78, 5) is 32.5. The number of amides is 1. The molecule has 1 amide bonds. The molecule has 0 aliphatic heterocycles. The van der Waals surface area contributed by atoms with E-state index >= 15 is 0 Å². The van der Waals surface area contributed by atoms with E-state index in [4.69, 9.17) is 0 Å². The molecular formula is C14H10F2N4O2S2. The second kappa shape index (κ2) is 6.65. The summed E-state index contributed by atoms with van der Waals surface area (Å²) in [6, 6.07) is 2.72. The van der Waals surface area contributed by atoms with Gasteiger partial charge in [-0.25, -0.2) is 18.7 Å². The average Bonchev–Trinajstić information content (AvgIpc) is 2.98. The number of thioether (sulfide) groups is 1. The van der Waals surface area contributed by atoms with E-state index in [2.05, 4.69) is 15.3 Å². The van der Waals surface area contributed by atoms with Gasteiger partial charge in [0.15, 0.2) is 9.99 Å².